The summed E-state index contributed by atoms with van der Waals surface area (Å²) in [5.41, 5.74) is 7.20. The Labute approximate surface area is 126 Å². The van der Waals surface area contributed by atoms with E-state index in [9.17, 15) is 18.4 Å². The number of benzene rings is 1. The molecule has 0 unspecified atom stereocenters. The molecule has 22 heavy (non-hydrogen) atoms. The smallest absolute Gasteiger partial charge is 0.383 e. The Bertz CT molecular complexity index is 758. The van der Waals surface area contributed by atoms with Crippen LogP contribution in [-0.4, -0.2) is 4.98 Å². The van der Waals surface area contributed by atoms with Crippen molar-refractivity contribution in [2.75, 3.05) is 5.73 Å². The van der Waals surface area contributed by atoms with E-state index in [1.807, 2.05) is 13.0 Å². The van der Waals surface area contributed by atoms with Crippen LogP contribution in [0.15, 0.2) is 24.3 Å². The van der Waals surface area contributed by atoms with E-state index in [1.54, 1.807) is 6.92 Å². The van der Waals surface area contributed by atoms with Gasteiger partial charge in [0.2, 0.25) is 0 Å². The van der Waals surface area contributed by atoms with Crippen LogP contribution >= 0.6 is 0 Å². The van der Waals surface area contributed by atoms with Gasteiger partial charge in [0.05, 0.1) is 5.56 Å². The normalized spacial score (nSPS) is 11.3. The van der Waals surface area contributed by atoms with Gasteiger partial charge in [0.15, 0.2) is 0 Å². The minimum absolute atomic E-state index is 0.0392. The van der Waals surface area contributed by atoms with Crippen LogP contribution < -0.4 is 5.73 Å². The van der Waals surface area contributed by atoms with Gasteiger partial charge in [-0.1, -0.05) is 19.1 Å². The Morgan fingerprint density at radius 1 is 1.32 bits per heavy atom. The van der Waals surface area contributed by atoms with E-state index in [2.05, 4.69) is 4.98 Å². The molecule has 3 nitrogen and oxygen atoms in total. The second-order valence-corrected chi connectivity index (χ2v) is 4.86. The van der Waals surface area contributed by atoms with Crippen molar-refractivity contribution in [1.82, 2.24) is 4.98 Å². The maximum atomic E-state index is 12.9. The molecule has 0 saturated carbocycles. The average molecular weight is 305 g/mol. The second kappa shape index (κ2) is 5.68. The number of nitrogens with zero attached hydrogens (tertiary/aromatic N) is 2. The predicted molar refractivity (Wildman–Crippen MR) is 77.9 cm³/mol. The van der Waals surface area contributed by atoms with Gasteiger partial charge in [-0.25, -0.2) is 4.98 Å². The first-order valence-corrected chi connectivity index (χ1v) is 6.66. The Morgan fingerprint density at radius 2 is 2.00 bits per heavy atom. The summed E-state index contributed by atoms with van der Waals surface area (Å²) in [5.74, 6) is 0.0392. The number of hydrogen-bond acceptors (Lipinski definition) is 3. The van der Waals surface area contributed by atoms with Crippen LogP contribution in [0.3, 0.4) is 0 Å². The SMILES string of the molecule is CCc1nc(N)c(C#N)c(-c2cccc(C(F)(F)F)c2)c1C. The van der Waals surface area contributed by atoms with Crippen molar-refractivity contribution < 1.29 is 13.2 Å². The van der Waals surface area contributed by atoms with E-state index >= 15 is 0 Å². The Balaban J connectivity index is 2.77. The van der Waals surface area contributed by atoms with E-state index in [0.29, 0.717) is 28.8 Å². The summed E-state index contributed by atoms with van der Waals surface area (Å²) in [7, 11) is 0. The third-order valence-corrected chi connectivity index (χ3v) is 3.49. The van der Waals surface area contributed by atoms with Crippen molar-refractivity contribution in [3.8, 4) is 17.2 Å². The van der Waals surface area contributed by atoms with Gasteiger partial charge < -0.3 is 5.73 Å². The average Bonchev–Trinajstić information content (AvgIpc) is 2.48. The number of aromatic nitrogens is 1. The molecule has 0 aliphatic rings. The molecule has 114 valence electrons. The lowest BCUT2D eigenvalue weighted by molar-refractivity contribution is -0.137. The maximum absolute atomic E-state index is 12.9. The third kappa shape index (κ3) is 2.75. The predicted octanol–water partition coefficient (Wildman–Crippen LogP) is 4.09. The van der Waals surface area contributed by atoms with Gasteiger partial charge in [0.1, 0.15) is 17.5 Å². The van der Waals surface area contributed by atoms with Crippen molar-refractivity contribution in [2.45, 2.75) is 26.4 Å². The first-order valence-electron chi connectivity index (χ1n) is 6.66. The summed E-state index contributed by atoms with van der Waals surface area (Å²) < 4.78 is 38.7. The molecule has 1 aromatic heterocycles. The lowest BCUT2D eigenvalue weighted by Gasteiger charge is -2.15. The van der Waals surface area contributed by atoms with Gasteiger partial charge in [-0.15, -0.1) is 0 Å². The molecule has 0 saturated heterocycles. The van der Waals surface area contributed by atoms with Crippen molar-refractivity contribution in [3.63, 3.8) is 0 Å². The number of nitrogens with two attached hydrogens (primary N) is 1. The van der Waals surface area contributed by atoms with Crippen LogP contribution in [0, 0.1) is 18.3 Å². The number of aryl methyl sites for hydroxylation is 1. The van der Waals surface area contributed by atoms with Gasteiger partial charge in [0.25, 0.3) is 0 Å². The lowest BCUT2D eigenvalue weighted by Crippen LogP contribution is -2.07. The Hall–Kier alpha value is -2.55. The van der Waals surface area contributed by atoms with Gasteiger partial charge in [0, 0.05) is 11.3 Å². The van der Waals surface area contributed by atoms with Crippen LogP contribution in [0.1, 0.15) is 29.3 Å². The summed E-state index contributed by atoms with van der Waals surface area (Å²) in [5, 5.41) is 9.29. The summed E-state index contributed by atoms with van der Waals surface area (Å²) in [6.45, 7) is 3.61. The molecular weight excluding hydrogens is 291 g/mol. The van der Waals surface area contributed by atoms with Gasteiger partial charge in [-0.05, 0) is 36.6 Å². The van der Waals surface area contributed by atoms with Crippen molar-refractivity contribution in [3.05, 3.63) is 46.6 Å². The standard InChI is InChI=1S/C16H14F3N3/c1-3-13-9(2)14(12(8-20)15(21)22-13)10-5-4-6-11(7-10)16(17,18)19/h4-7H,3H2,1-2H3,(H2,21,22). The molecule has 0 spiro atoms. The molecule has 2 aromatic rings. The molecule has 0 bridgehead atoms. The fraction of sp³-hybridized carbons (Fsp3) is 0.250. The van der Waals surface area contributed by atoms with Crippen LogP contribution in [0.2, 0.25) is 0 Å². The molecule has 0 aliphatic heterocycles. The number of hydrogen-bond donors (Lipinski definition) is 1. The molecule has 6 heteroatoms. The minimum atomic E-state index is -4.44. The van der Waals surface area contributed by atoms with Crippen LogP contribution in [0.5, 0.6) is 0 Å². The first-order chi connectivity index (χ1) is 10.3. The van der Waals surface area contributed by atoms with E-state index < -0.39 is 11.7 Å². The fourth-order valence-electron chi connectivity index (χ4n) is 2.41. The zero-order chi connectivity index (χ0) is 16.5. The minimum Gasteiger partial charge on any atom is -0.383 e. The molecule has 0 atom stereocenters. The molecule has 0 radical (unpaired) electrons. The monoisotopic (exact) mass is 305 g/mol. The fourth-order valence-corrected chi connectivity index (χ4v) is 2.41. The first kappa shape index (κ1) is 15.8. The molecule has 0 fully saturated rings. The number of anilines is 1. The summed E-state index contributed by atoms with van der Waals surface area (Å²) in [4.78, 5) is 4.15. The molecule has 2 N–H and O–H groups in total. The molecule has 1 aromatic carbocycles. The lowest BCUT2D eigenvalue weighted by atomic mass is 9.93. The number of pyridine rings is 1. The molecular formula is C16H14F3N3. The molecule has 0 amide bonds. The Kier molecular flexibility index (Phi) is 4.09. The highest BCUT2D eigenvalue weighted by Crippen LogP contribution is 2.36. The topological polar surface area (TPSA) is 62.7 Å². The molecule has 1 heterocycles. The van der Waals surface area contributed by atoms with E-state index in [4.69, 9.17) is 5.73 Å². The summed E-state index contributed by atoms with van der Waals surface area (Å²) >= 11 is 0. The summed E-state index contributed by atoms with van der Waals surface area (Å²) in [6.07, 6.45) is -3.86. The van der Waals surface area contributed by atoms with Crippen LogP contribution in [0.4, 0.5) is 19.0 Å². The Morgan fingerprint density at radius 3 is 2.55 bits per heavy atom. The largest absolute Gasteiger partial charge is 0.416 e. The van der Waals surface area contributed by atoms with Crippen molar-refractivity contribution in [1.29, 1.82) is 5.26 Å². The number of nitrogen functional groups attached to an aromatic ring is 1. The van der Waals surface area contributed by atoms with Crippen LogP contribution in [-0.2, 0) is 12.6 Å². The highest BCUT2D eigenvalue weighted by Gasteiger charge is 2.31. The zero-order valence-electron chi connectivity index (χ0n) is 12.1. The number of nitriles is 1. The molecule has 0 aliphatic carbocycles. The van der Waals surface area contributed by atoms with Crippen molar-refractivity contribution in [2.24, 2.45) is 0 Å². The number of halogens is 3. The third-order valence-electron chi connectivity index (χ3n) is 3.49. The maximum Gasteiger partial charge on any atom is 0.416 e. The van der Waals surface area contributed by atoms with E-state index in [1.165, 1.54) is 12.1 Å². The highest BCUT2D eigenvalue weighted by atomic mass is 19.4. The van der Waals surface area contributed by atoms with Gasteiger partial charge >= 0.3 is 6.18 Å². The van der Waals surface area contributed by atoms with E-state index in [0.717, 1.165) is 12.1 Å². The number of alkyl halides is 3. The van der Waals surface area contributed by atoms with Gasteiger partial charge in [-0.3, -0.25) is 0 Å². The highest BCUT2D eigenvalue weighted by molar-refractivity contribution is 5.79. The second-order valence-electron chi connectivity index (χ2n) is 4.86. The van der Waals surface area contributed by atoms with Gasteiger partial charge in [-0.2, -0.15) is 18.4 Å². The number of rotatable bonds is 2. The molecule has 2 rings (SSSR count). The van der Waals surface area contributed by atoms with Crippen molar-refractivity contribution >= 4 is 5.82 Å². The summed E-state index contributed by atoms with van der Waals surface area (Å²) in [6, 6.07) is 6.83. The zero-order valence-corrected chi connectivity index (χ0v) is 12.1. The van der Waals surface area contributed by atoms with E-state index in [-0.39, 0.29) is 11.4 Å². The van der Waals surface area contributed by atoms with Crippen LogP contribution in [0.25, 0.3) is 11.1 Å². The quantitative estimate of drug-likeness (QED) is 0.909.